The summed E-state index contributed by atoms with van der Waals surface area (Å²) in [6.45, 7) is 11.4. The van der Waals surface area contributed by atoms with Gasteiger partial charge in [0.1, 0.15) is 5.60 Å². The predicted molar refractivity (Wildman–Crippen MR) is 67.2 cm³/mol. The molecule has 0 bridgehead atoms. The Labute approximate surface area is 98.1 Å². The van der Waals surface area contributed by atoms with Crippen LogP contribution in [0.15, 0.2) is 38.0 Å². The fourth-order valence-electron chi connectivity index (χ4n) is 1.69. The van der Waals surface area contributed by atoms with Gasteiger partial charge in [-0.25, -0.2) is 4.79 Å². The maximum Gasteiger partial charge on any atom is 0.330 e. The van der Waals surface area contributed by atoms with Gasteiger partial charge in [-0.15, -0.1) is 13.2 Å². The van der Waals surface area contributed by atoms with Crippen LogP contribution in [-0.4, -0.2) is 37.1 Å². The van der Waals surface area contributed by atoms with Crippen molar-refractivity contribution in [2.24, 2.45) is 0 Å². The molecule has 0 saturated heterocycles. The van der Waals surface area contributed by atoms with E-state index in [0.717, 1.165) is 0 Å². The first kappa shape index (κ1) is 14.6. The van der Waals surface area contributed by atoms with Gasteiger partial charge in [-0.2, -0.15) is 0 Å². The topological polar surface area (TPSA) is 29.5 Å². The third kappa shape index (κ3) is 4.94. The SMILES string of the molecule is C=CCC(CC=C)(CN(C)C)OC(=O)C=C. The van der Waals surface area contributed by atoms with Gasteiger partial charge < -0.3 is 9.64 Å². The third-order valence-corrected chi connectivity index (χ3v) is 2.12. The van der Waals surface area contributed by atoms with Gasteiger partial charge in [-0.1, -0.05) is 18.7 Å². The molecule has 0 unspecified atom stereocenters. The van der Waals surface area contributed by atoms with E-state index in [4.69, 9.17) is 4.74 Å². The number of nitrogens with zero attached hydrogens (tertiary/aromatic N) is 1. The van der Waals surface area contributed by atoms with Gasteiger partial charge in [0.25, 0.3) is 0 Å². The number of rotatable bonds is 8. The molecule has 0 N–H and O–H groups in total. The van der Waals surface area contributed by atoms with Crippen LogP contribution in [0.2, 0.25) is 0 Å². The van der Waals surface area contributed by atoms with Gasteiger partial charge in [-0.05, 0) is 14.1 Å². The number of ether oxygens (including phenoxy) is 1. The summed E-state index contributed by atoms with van der Waals surface area (Å²) in [6.07, 6.45) is 5.87. The zero-order chi connectivity index (χ0) is 12.6. The Bertz CT molecular complexity index is 259. The normalized spacial score (nSPS) is 10.9. The van der Waals surface area contributed by atoms with Crippen molar-refractivity contribution in [2.45, 2.75) is 18.4 Å². The van der Waals surface area contributed by atoms with E-state index in [1.54, 1.807) is 12.2 Å². The highest BCUT2D eigenvalue weighted by atomic mass is 16.6. The molecule has 0 radical (unpaired) electrons. The molecule has 0 aliphatic heterocycles. The number of likely N-dealkylation sites (N-methyl/N-ethyl adjacent to an activating group) is 1. The van der Waals surface area contributed by atoms with Crippen LogP contribution in [0, 0.1) is 0 Å². The summed E-state index contributed by atoms with van der Waals surface area (Å²) in [5.74, 6) is -0.412. The van der Waals surface area contributed by atoms with Gasteiger partial charge in [0, 0.05) is 25.5 Å². The maximum absolute atomic E-state index is 11.3. The second-order valence-electron chi connectivity index (χ2n) is 4.03. The first-order chi connectivity index (χ1) is 7.49. The average Bonchev–Trinajstić information content (AvgIpc) is 2.17. The van der Waals surface area contributed by atoms with Gasteiger partial charge in [0.15, 0.2) is 0 Å². The van der Waals surface area contributed by atoms with Gasteiger partial charge in [-0.3, -0.25) is 0 Å². The summed E-state index contributed by atoms with van der Waals surface area (Å²) < 4.78 is 5.44. The molecule has 0 heterocycles. The lowest BCUT2D eigenvalue weighted by Gasteiger charge is -2.33. The summed E-state index contributed by atoms with van der Waals surface area (Å²) in [5, 5.41) is 0. The van der Waals surface area contributed by atoms with Crippen LogP contribution in [-0.2, 0) is 9.53 Å². The van der Waals surface area contributed by atoms with Gasteiger partial charge in [0.05, 0.1) is 0 Å². The molecule has 0 amide bonds. The van der Waals surface area contributed by atoms with Gasteiger partial charge >= 0.3 is 5.97 Å². The van der Waals surface area contributed by atoms with Crippen LogP contribution < -0.4 is 0 Å². The minimum Gasteiger partial charge on any atom is -0.454 e. The summed E-state index contributed by atoms with van der Waals surface area (Å²) in [7, 11) is 3.87. The number of carbonyl (C=O) groups is 1. The Hall–Kier alpha value is -1.35. The van der Waals surface area contributed by atoms with Crippen LogP contribution >= 0.6 is 0 Å². The first-order valence-electron chi connectivity index (χ1n) is 5.21. The molecule has 0 aromatic rings. The number of hydrogen-bond donors (Lipinski definition) is 0. The van der Waals surface area contributed by atoms with Crippen LogP contribution in [0.3, 0.4) is 0 Å². The van der Waals surface area contributed by atoms with Crippen molar-refractivity contribution in [3.05, 3.63) is 38.0 Å². The lowest BCUT2D eigenvalue weighted by molar-refractivity contribution is -0.154. The quantitative estimate of drug-likeness (QED) is 0.359. The Kier molecular flexibility index (Phi) is 6.42. The molecular weight excluding hydrogens is 202 g/mol. The van der Waals surface area contributed by atoms with E-state index >= 15 is 0 Å². The molecule has 0 aromatic carbocycles. The van der Waals surface area contributed by atoms with Crippen molar-refractivity contribution >= 4 is 5.97 Å². The molecule has 0 rings (SSSR count). The highest BCUT2D eigenvalue weighted by Crippen LogP contribution is 2.23. The van der Waals surface area contributed by atoms with E-state index in [0.29, 0.717) is 19.4 Å². The summed E-state index contributed by atoms with van der Waals surface area (Å²) in [6, 6.07) is 0. The molecule has 90 valence electrons. The fourth-order valence-corrected chi connectivity index (χ4v) is 1.69. The van der Waals surface area contributed by atoms with Crippen molar-refractivity contribution < 1.29 is 9.53 Å². The van der Waals surface area contributed by atoms with Crippen LogP contribution in [0.25, 0.3) is 0 Å². The standard InChI is InChI=1S/C13H21NO2/c1-6-9-13(10-7-2,11-14(4)5)16-12(15)8-3/h6-8H,1-3,9-11H2,4-5H3. The van der Waals surface area contributed by atoms with Crippen LogP contribution in [0.4, 0.5) is 0 Å². The van der Waals surface area contributed by atoms with E-state index < -0.39 is 11.6 Å². The number of esters is 1. The zero-order valence-electron chi connectivity index (χ0n) is 10.2. The van der Waals surface area contributed by atoms with Crippen molar-refractivity contribution in [1.29, 1.82) is 0 Å². The van der Waals surface area contributed by atoms with Crippen molar-refractivity contribution in [2.75, 3.05) is 20.6 Å². The van der Waals surface area contributed by atoms with Crippen molar-refractivity contribution in [1.82, 2.24) is 4.90 Å². The maximum atomic E-state index is 11.3. The highest BCUT2D eigenvalue weighted by molar-refractivity contribution is 5.81. The molecule has 0 fully saturated rings. The predicted octanol–water partition coefficient (Wildman–Crippen LogP) is 2.17. The molecule has 0 aliphatic carbocycles. The van der Waals surface area contributed by atoms with Crippen LogP contribution in [0.5, 0.6) is 0 Å². The second-order valence-corrected chi connectivity index (χ2v) is 4.03. The lowest BCUT2D eigenvalue weighted by atomic mass is 9.94. The largest absolute Gasteiger partial charge is 0.454 e. The van der Waals surface area contributed by atoms with Gasteiger partial charge in [0.2, 0.25) is 0 Å². The van der Waals surface area contributed by atoms with E-state index in [1.165, 1.54) is 6.08 Å². The van der Waals surface area contributed by atoms with E-state index in [-0.39, 0.29) is 0 Å². The molecular formula is C13H21NO2. The molecule has 0 aliphatic rings. The molecule has 3 nitrogen and oxygen atoms in total. The summed E-state index contributed by atoms with van der Waals surface area (Å²) in [4.78, 5) is 13.3. The highest BCUT2D eigenvalue weighted by Gasteiger charge is 2.31. The molecule has 16 heavy (non-hydrogen) atoms. The second kappa shape index (κ2) is 7.01. The third-order valence-electron chi connectivity index (χ3n) is 2.12. The molecule has 0 aromatic heterocycles. The molecule has 3 heteroatoms. The Morgan fingerprint density at radius 2 is 1.75 bits per heavy atom. The summed E-state index contributed by atoms with van der Waals surface area (Å²) in [5.41, 5.74) is -0.585. The fraction of sp³-hybridized carbons (Fsp3) is 0.462. The van der Waals surface area contributed by atoms with E-state index in [9.17, 15) is 4.79 Å². The zero-order valence-corrected chi connectivity index (χ0v) is 10.2. The van der Waals surface area contributed by atoms with Crippen molar-refractivity contribution in [3.8, 4) is 0 Å². The van der Waals surface area contributed by atoms with E-state index in [1.807, 2.05) is 19.0 Å². The summed E-state index contributed by atoms with van der Waals surface area (Å²) >= 11 is 0. The number of carbonyl (C=O) groups excluding carboxylic acids is 1. The van der Waals surface area contributed by atoms with Crippen LogP contribution in [0.1, 0.15) is 12.8 Å². The lowest BCUT2D eigenvalue weighted by Crippen LogP contribution is -2.43. The Morgan fingerprint density at radius 1 is 1.25 bits per heavy atom. The molecule has 0 atom stereocenters. The monoisotopic (exact) mass is 223 g/mol. The Morgan fingerprint density at radius 3 is 2.06 bits per heavy atom. The minimum absolute atomic E-state index is 0.412. The van der Waals surface area contributed by atoms with Crippen molar-refractivity contribution in [3.63, 3.8) is 0 Å². The molecule has 0 saturated carbocycles. The van der Waals surface area contributed by atoms with E-state index in [2.05, 4.69) is 19.7 Å². The Balaban J connectivity index is 4.88. The smallest absolute Gasteiger partial charge is 0.330 e. The molecule has 0 spiro atoms. The minimum atomic E-state index is -0.585. The average molecular weight is 223 g/mol. The first-order valence-corrected chi connectivity index (χ1v) is 5.21. The number of hydrogen-bond acceptors (Lipinski definition) is 3.